The molecule has 0 amide bonds. The van der Waals surface area contributed by atoms with Gasteiger partial charge in [0.25, 0.3) is 0 Å². The van der Waals surface area contributed by atoms with Gasteiger partial charge in [0.1, 0.15) is 0 Å². The third kappa shape index (κ3) is 3.78. The van der Waals surface area contributed by atoms with Crippen LogP contribution in [0.1, 0.15) is 0 Å². The number of rotatable bonds is 5. The van der Waals surface area contributed by atoms with Crippen LogP contribution in [-0.4, -0.2) is 46.5 Å². The third-order valence-electron chi connectivity index (χ3n) is 2.38. The maximum Gasteiger partial charge on any atom is 0.209 e. The zero-order chi connectivity index (χ0) is 12.8. The molecule has 18 heavy (non-hydrogen) atoms. The van der Waals surface area contributed by atoms with Crippen LogP contribution in [0.2, 0.25) is 0 Å². The Morgan fingerprint density at radius 1 is 1.17 bits per heavy atom. The monoisotopic (exact) mass is 260 g/mol. The van der Waals surface area contributed by atoms with Crippen molar-refractivity contribution < 1.29 is 0 Å². The summed E-state index contributed by atoms with van der Waals surface area (Å²) in [5.41, 5.74) is 1.94. The summed E-state index contributed by atoms with van der Waals surface area (Å²) in [7, 11) is 4.11. The lowest BCUT2D eigenvalue weighted by atomic mass is 10.2. The molecule has 0 N–H and O–H groups in total. The van der Waals surface area contributed by atoms with E-state index in [0.717, 1.165) is 28.7 Å². The summed E-state index contributed by atoms with van der Waals surface area (Å²) in [6, 6.07) is 10.0. The van der Waals surface area contributed by atoms with Crippen LogP contribution >= 0.6 is 11.8 Å². The second kappa shape index (κ2) is 6.47. The van der Waals surface area contributed by atoms with Gasteiger partial charge in [-0.1, -0.05) is 42.1 Å². The van der Waals surface area contributed by atoms with Crippen LogP contribution in [0, 0.1) is 0 Å². The molecular weight excluding hydrogens is 244 g/mol. The third-order valence-corrected chi connectivity index (χ3v) is 3.20. The fourth-order valence-corrected chi connectivity index (χ4v) is 2.32. The molecule has 0 saturated carbocycles. The van der Waals surface area contributed by atoms with E-state index < -0.39 is 0 Å². The minimum absolute atomic E-state index is 0.734. The average molecular weight is 260 g/mol. The lowest BCUT2D eigenvalue weighted by Crippen LogP contribution is -2.15. The highest BCUT2D eigenvalue weighted by molar-refractivity contribution is 7.99. The molecule has 0 spiro atoms. The Labute approximate surface area is 111 Å². The molecule has 0 unspecified atom stereocenters. The van der Waals surface area contributed by atoms with Crippen molar-refractivity contribution in [1.29, 1.82) is 0 Å². The number of aromatic nitrogens is 3. The summed E-state index contributed by atoms with van der Waals surface area (Å²) in [5.74, 6) is 0.965. The predicted octanol–water partition coefficient (Wildman–Crippen LogP) is 2.19. The van der Waals surface area contributed by atoms with E-state index in [4.69, 9.17) is 0 Å². The lowest BCUT2D eigenvalue weighted by Gasteiger charge is -2.07. The molecule has 1 aromatic carbocycles. The highest BCUT2D eigenvalue weighted by Crippen LogP contribution is 2.18. The first-order valence-corrected chi connectivity index (χ1v) is 6.77. The van der Waals surface area contributed by atoms with Gasteiger partial charge >= 0.3 is 0 Å². The molecule has 0 radical (unpaired) electrons. The average Bonchev–Trinajstić information content (AvgIpc) is 2.40. The van der Waals surface area contributed by atoms with E-state index in [9.17, 15) is 0 Å². The highest BCUT2D eigenvalue weighted by atomic mass is 32.2. The van der Waals surface area contributed by atoms with Gasteiger partial charge in [0, 0.05) is 17.9 Å². The summed E-state index contributed by atoms with van der Waals surface area (Å²) in [4.78, 5) is 6.65. The molecule has 1 heterocycles. The minimum atomic E-state index is 0.734. The number of hydrogen-bond donors (Lipinski definition) is 0. The molecule has 0 fully saturated rings. The standard InChI is InChI=1S/C13H16N4S/c1-17(2)8-9-18-13-15-12(10-14-16-13)11-6-4-3-5-7-11/h3-7,10H,8-9H2,1-2H3. The fraction of sp³-hybridized carbons (Fsp3) is 0.308. The Morgan fingerprint density at radius 2 is 1.94 bits per heavy atom. The van der Waals surface area contributed by atoms with E-state index >= 15 is 0 Å². The van der Waals surface area contributed by atoms with Gasteiger partial charge in [0.2, 0.25) is 5.16 Å². The normalized spacial score (nSPS) is 10.8. The second-order valence-corrected chi connectivity index (χ2v) is 5.20. The molecule has 4 nitrogen and oxygen atoms in total. The molecule has 0 aliphatic heterocycles. The van der Waals surface area contributed by atoms with Gasteiger partial charge in [0.15, 0.2) is 0 Å². The van der Waals surface area contributed by atoms with Gasteiger partial charge < -0.3 is 4.90 Å². The van der Waals surface area contributed by atoms with Crippen LogP contribution in [0.15, 0.2) is 41.7 Å². The SMILES string of the molecule is CN(C)CCSc1nncc(-c2ccccc2)n1. The maximum absolute atomic E-state index is 4.51. The Balaban J connectivity index is 2.06. The number of thioether (sulfide) groups is 1. The Bertz CT molecular complexity index is 487. The molecule has 0 bridgehead atoms. The molecule has 2 rings (SSSR count). The van der Waals surface area contributed by atoms with Crippen molar-refractivity contribution in [2.24, 2.45) is 0 Å². The van der Waals surface area contributed by atoms with E-state index in [2.05, 4.69) is 34.2 Å². The largest absolute Gasteiger partial charge is 0.309 e. The molecule has 1 aromatic heterocycles. The van der Waals surface area contributed by atoms with Crippen LogP contribution in [-0.2, 0) is 0 Å². The minimum Gasteiger partial charge on any atom is -0.309 e. The van der Waals surface area contributed by atoms with Crippen molar-refractivity contribution >= 4 is 11.8 Å². The van der Waals surface area contributed by atoms with E-state index in [1.165, 1.54) is 0 Å². The first-order valence-electron chi connectivity index (χ1n) is 5.78. The quantitative estimate of drug-likeness (QED) is 0.771. The Hall–Kier alpha value is -1.46. The Kier molecular flexibility index (Phi) is 4.66. The van der Waals surface area contributed by atoms with Gasteiger partial charge in [-0.2, -0.15) is 5.10 Å². The number of benzene rings is 1. The van der Waals surface area contributed by atoms with Crippen molar-refractivity contribution in [2.45, 2.75) is 5.16 Å². The van der Waals surface area contributed by atoms with Crippen molar-refractivity contribution in [3.63, 3.8) is 0 Å². The maximum atomic E-state index is 4.51. The smallest absolute Gasteiger partial charge is 0.209 e. The van der Waals surface area contributed by atoms with Crippen molar-refractivity contribution in [3.05, 3.63) is 36.5 Å². The topological polar surface area (TPSA) is 41.9 Å². The van der Waals surface area contributed by atoms with E-state index in [1.54, 1.807) is 18.0 Å². The predicted molar refractivity (Wildman–Crippen MR) is 74.5 cm³/mol. The summed E-state index contributed by atoms with van der Waals surface area (Å²) in [6.07, 6.45) is 1.70. The van der Waals surface area contributed by atoms with E-state index in [0.29, 0.717) is 0 Å². The first-order chi connectivity index (χ1) is 8.75. The Morgan fingerprint density at radius 3 is 2.67 bits per heavy atom. The van der Waals surface area contributed by atoms with Gasteiger partial charge in [-0.3, -0.25) is 0 Å². The fourth-order valence-electron chi connectivity index (χ4n) is 1.42. The van der Waals surface area contributed by atoms with E-state index in [1.807, 2.05) is 30.3 Å². The van der Waals surface area contributed by atoms with Crippen molar-refractivity contribution in [2.75, 3.05) is 26.4 Å². The first kappa shape index (κ1) is 13.0. The molecule has 2 aromatic rings. The summed E-state index contributed by atoms with van der Waals surface area (Å²) in [5, 5.41) is 8.79. The second-order valence-electron chi connectivity index (χ2n) is 4.14. The van der Waals surface area contributed by atoms with Crippen LogP contribution in [0.4, 0.5) is 0 Å². The van der Waals surface area contributed by atoms with Gasteiger partial charge in [-0.25, -0.2) is 4.98 Å². The van der Waals surface area contributed by atoms with Crippen molar-refractivity contribution in [3.8, 4) is 11.3 Å². The molecule has 0 saturated heterocycles. The van der Waals surface area contributed by atoms with Gasteiger partial charge in [0.05, 0.1) is 11.9 Å². The molecule has 5 heteroatoms. The van der Waals surface area contributed by atoms with E-state index in [-0.39, 0.29) is 0 Å². The summed E-state index contributed by atoms with van der Waals surface area (Å²) < 4.78 is 0. The van der Waals surface area contributed by atoms with Gasteiger partial charge in [-0.05, 0) is 14.1 Å². The molecule has 0 aliphatic carbocycles. The molecule has 0 atom stereocenters. The van der Waals surface area contributed by atoms with Crippen LogP contribution in [0.5, 0.6) is 0 Å². The number of nitrogens with zero attached hydrogens (tertiary/aromatic N) is 4. The summed E-state index contributed by atoms with van der Waals surface area (Å²) >= 11 is 1.63. The highest BCUT2D eigenvalue weighted by Gasteiger charge is 2.03. The lowest BCUT2D eigenvalue weighted by molar-refractivity contribution is 0.437. The number of hydrogen-bond acceptors (Lipinski definition) is 5. The van der Waals surface area contributed by atoms with Crippen LogP contribution in [0.3, 0.4) is 0 Å². The zero-order valence-electron chi connectivity index (χ0n) is 10.6. The molecule has 94 valence electrons. The van der Waals surface area contributed by atoms with Gasteiger partial charge in [-0.15, -0.1) is 5.10 Å². The van der Waals surface area contributed by atoms with Crippen LogP contribution in [0.25, 0.3) is 11.3 Å². The van der Waals surface area contributed by atoms with Crippen molar-refractivity contribution in [1.82, 2.24) is 20.1 Å². The van der Waals surface area contributed by atoms with Crippen LogP contribution < -0.4 is 0 Å². The summed E-state index contributed by atoms with van der Waals surface area (Å²) in [6.45, 7) is 1.00. The molecular formula is C13H16N4S. The molecule has 0 aliphatic rings. The zero-order valence-corrected chi connectivity index (χ0v) is 11.4.